The first-order valence-electron chi connectivity index (χ1n) is 10.4. The van der Waals surface area contributed by atoms with Crippen LogP contribution < -0.4 is 11.1 Å². The van der Waals surface area contributed by atoms with Gasteiger partial charge >= 0.3 is 6.09 Å². The number of benzene rings is 2. The minimum absolute atomic E-state index is 0.273. The van der Waals surface area contributed by atoms with Crippen LogP contribution in [0.15, 0.2) is 72.9 Å². The van der Waals surface area contributed by atoms with Crippen LogP contribution in [-0.2, 0) is 12.8 Å². The van der Waals surface area contributed by atoms with Crippen molar-refractivity contribution in [2.24, 2.45) is 5.73 Å². The second-order valence-corrected chi connectivity index (χ2v) is 7.93. The summed E-state index contributed by atoms with van der Waals surface area (Å²) < 4.78 is 0. The zero-order valence-corrected chi connectivity index (χ0v) is 17.6. The van der Waals surface area contributed by atoms with Crippen LogP contribution in [0.25, 0.3) is 11.3 Å². The lowest BCUT2D eigenvalue weighted by molar-refractivity contribution is 0.105. The lowest BCUT2D eigenvalue weighted by atomic mass is 9.94. The van der Waals surface area contributed by atoms with E-state index in [-0.39, 0.29) is 6.04 Å². The molecule has 1 amide bonds. The number of hydrogen-bond acceptors (Lipinski definition) is 4. The van der Waals surface area contributed by atoms with Crippen molar-refractivity contribution in [2.75, 3.05) is 0 Å². The summed E-state index contributed by atoms with van der Waals surface area (Å²) in [6.07, 6.45) is 1.05. The highest BCUT2D eigenvalue weighted by atomic mass is 16.4. The van der Waals surface area contributed by atoms with Crippen LogP contribution in [0.1, 0.15) is 23.1 Å². The summed E-state index contributed by atoms with van der Waals surface area (Å²) in [6, 6.07) is 20.7. The van der Waals surface area contributed by atoms with E-state index in [4.69, 9.17) is 5.73 Å². The first kappa shape index (κ1) is 22.5. The molecule has 0 fully saturated rings. The van der Waals surface area contributed by atoms with E-state index < -0.39 is 18.2 Å². The number of rotatable bonds is 9. The Balaban J connectivity index is 1.64. The topological polar surface area (TPSA) is 108 Å². The maximum atomic E-state index is 11.3. The fourth-order valence-corrected chi connectivity index (χ4v) is 3.62. The van der Waals surface area contributed by atoms with Gasteiger partial charge in [0.2, 0.25) is 0 Å². The number of nitrogens with two attached hydrogens (primary N) is 1. The summed E-state index contributed by atoms with van der Waals surface area (Å²) in [5.74, 6) is 0. The van der Waals surface area contributed by atoms with Crippen LogP contribution in [0, 0.1) is 6.92 Å². The maximum Gasteiger partial charge on any atom is 0.404 e. The van der Waals surface area contributed by atoms with Gasteiger partial charge in [-0.05, 0) is 48.9 Å². The van der Waals surface area contributed by atoms with Crippen LogP contribution in [0.5, 0.6) is 0 Å². The third-order valence-electron chi connectivity index (χ3n) is 5.27. The summed E-state index contributed by atoms with van der Waals surface area (Å²) in [5.41, 5.74) is 11.2. The molecule has 0 saturated carbocycles. The predicted molar refractivity (Wildman–Crippen MR) is 122 cm³/mol. The number of carboxylic acid groups (broad SMARTS) is 1. The van der Waals surface area contributed by atoms with Gasteiger partial charge in [-0.25, -0.2) is 4.79 Å². The molecule has 3 rings (SSSR count). The molecule has 0 unspecified atom stereocenters. The van der Waals surface area contributed by atoms with E-state index in [0.717, 1.165) is 27.9 Å². The average molecular weight is 420 g/mol. The fourth-order valence-electron chi connectivity index (χ4n) is 3.62. The Labute approximate surface area is 182 Å². The lowest BCUT2D eigenvalue weighted by Gasteiger charge is -2.25. The van der Waals surface area contributed by atoms with Crippen LogP contribution in [-0.4, -0.2) is 39.5 Å². The molecular weight excluding hydrogens is 390 g/mol. The first-order chi connectivity index (χ1) is 14.9. The number of carbonyl (C=O) groups is 1. The van der Waals surface area contributed by atoms with E-state index in [1.165, 1.54) is 0 Å². The molecule has 3 atom stereocenters. The molecule has 162 valence electrons. The number of nitrogens with zero attached hydrogens (tertiary/aromatic N) is 1. The van der Waals surface area contributed by atoms with Gasteiger partial charge in [0.15, 0.2) is 0 Å². The van der Waals surface area contributed by atoms with Crippen molar-refractivity contribution >= 4 is 6.09 Å². The van der Waals surface area contributed by atoms with Crippen molar-refractivity contribution in [2.45, 2.75) is 44.4 Å². The molecule has 1 heterocycles. The van der Waals surface area contributed by atoms with Gasteiger partial charge in [0, 0.05) is 17.8 Å². The molecule has 1 aromatic heterocycles. The van der Waals surface area contributed by atoms with Gasteiger partial charge in [0.1, 0.15) is 0 Å². The summed E-state index contributed by atoms with van der Waals surface area (Å²) in [6.45, 7) is 1.99. The number of nitrogens with one attached hydrogen (secondary N) is 1. The number of amides is 1. The number of aryl methyl sites for hydroxylation is 1. The van der Waals surface area contributed by atoms with Gasteiger partial charge in [-0.1, -0.05) is 60.7 Å². The highest BCUT2D eigenvalue weighted by molar-refractivity contribution is 5.65. The molecule has 0 bridgehead atoms. The van der Waals surface area contributed by atoms with Gasteiger partial charge in [-0.15, -0.1) is 0 Å². The minimum Gasteiger partial charge on any atom is -0.465 e. The van der Waals surface area contributed by atoms with Gasteiger partial charge in [0.25, 0.3) is 0 Å². The first-order valence-corrected chi connectivity index (χ1v) is 10.4. The molecule has 5 N–H and O–H groups in total. The molecule has 6 heteroatoms. The molecule has 31 heavy (non-hydrogen) atoms. The fraction of sp³-hybridized carbons (Fsp3) is 0.280. The Bertz CT molecular complexity index is 960. The zero-order chi connectivity index (χ0) is 22.2. The second-order valence-electron chi connectivity index (χ2n) is 7.93. The average Bonchev–Trinajstić information content (AvgIpc) is 2.75. The van der Waals surface area contributed by atoms with Gasteiger partial charge in [-0.2, -0.15) is 0 Å². The zero-order valence-electron chi connectivity index (χ0n) is 17.6. The minimum atomic E-state index is -1.17. The van der Waals surface area contributed by atoms with Crippen LogP contribution >= 0.6 is 0 Å². The molecule has 0 radical (unpaired) electrons. The molecular formula is C25H29N3O3. The van der Waals surface area contributed by atoms with E-state index in [1.807, 2.05) is 79.9 Å². The van der Waals surface area contributed by atoms with E-state index >= 15 is 0 Å². The smallest absolute Gasteiger partial charge is 0.404 e. The third kappa shape index (κ3) is 6.91. The number of hydrogen-bond donors (Lipinski definition) is 4. The van der Waals surface area contributed by atoms with Gasteiger partial charge in [-0.3, -0.25) is 4.98 Å². The second kappa shape index (κ2) is 10.7. The Kier molecular flexibility index (Phi) is 7.76. The Hall–Kier alpha value is -3.22. The molecule has 6 nitrogen and oxygen atoms in total. The highest BCUT2D eigenvalue weighted by Crippen LogP contribution is 2.19. The van der Waals surface area contributed by atoms with Crippen molar-refractivity contribution in [3.05, 3.63) is 89.6 Å². The standard InChI is InChI=1S/C25H29N3O3/c1-17-7-12-22(27-16-17)20-10-8-19(9-11-20)14-23(28-25(30)31)24(29)15-21(26)13-18-5-3-2-4-6-18/h2-12,16,21,23-24,28-29H,13-15,26H2,1H3,(H,30,31)/t21-,23-,24-/m0/s1. The normalized spacial score (nSPS) is 13.9. The summed E-state index contributed by atoms with van der Waals surface area (Å²) in [5, 5.41) is 22.4. The number of aliphatic hydroxyl groups is 1. The highest BCUT2D eigenvalue weighted by Gasteiger charge is 2.24. The molecule has 0 saturated heterocycles. The summed E-state index contributed by atoms with van der Waals surface area (Å²) in [7, 11) is 0. The van der Waals surface area contributed by atoms with E-state index in [1.54, 1.807) is 0 Å². The van der Waals surface area contributed by atoms with Crippen molar-refractivity contribution in [1.29, 1.82) is 0 Å². The quantitative estimate of drug-likeness (QED) is 0.424. The molecule has 0 aliphatic rings. The lowest BCUT2D eigenvalue weighted by Crippen LogP contribution is -2.46. The van der Waals surface area contributed by atoms with Crippen molar-refractivity contribution in [1.82, 2.24) is 10.3 Å². The maximum absolute atomic E-state index is 11.3. The number of pyridine rings is 1. The number of aromatic nitrogens is 1. The van der Waals surface area contributed by atoms with Crippen LogP contribution in [0.2, 0.25) is 0 Å². The van der Waals surface area contributed by atoms with E-state index in [2.05, 4.69) is 10.3 Å². The Morgan fingerprint density at radius 1 is 1.00 bits per heavy atom. The van der Waals surface area contributed by atoms with Crippen molar-refractivity contribution in [3.8, 4) is 11.3 Å². The molecule has 2 aromatic carbocycles. The predicted octanol–water partition coefficient (Wildman–Crippen LogP) is 3.56. The SMILES string of the molecule is Cc1ccc(-c2ccc(C[C@H](NC(=O)O)[C@@H](O)C[C@@H](N)Cc3ccccc3)cc2)nc1. The van der Waals surface area contributed by atoms with Crippen LogP contribution in [0.4, 0.5) is 4.79 Å². The van der Waals surface area contributed by atoms with Gasteiger partial charge in [0.05, 0.1) is 17.8 Å². The van der Waals surface area contributed by atoms with Gasteiger partial charge < -0.3 is 21.3 Å². The molecule has 0 aliphatic carbocycles. The van der Waals surface area contributed by atoms with Crippen molar-refractivity contribution in [3.63, 3.8) is 0 Å². The summed E-state index contributed by atoms with van der Waals surface area (Å²) in [4.78, 5) is 15.7. The third-order valence-corrected chi connectivity index (χ3v) is 5.27. The van der Waals surface area contributed by atoms with E-state index in [0.29, 0.717) is 19.3 Å². The van der Waals surface area contributed by atoms with E-state index in [9.17, 15) is 15.0 Å². The van der Waals surface area contributed by atoms with Crippen LogP contribution in [0.3, 0.4) is 0 Å². The molecule has 0 spiro atoms. The Morgan fingerprint density at radius 2 is 1.68 bits per heavy atom. The Morgan fingerprint density at radius 3 is 2.29 bits per heavy atom. The molecule has 0 aliphatic heterocycles. The largest absolute Gasteiger partial charge is 0.465 e. The summed E-state index contributed by atoms with van der Waals surface area (Å²) >= 11 is 0. The van der Waals surface area contributed by atoms with Crippen molar-refractivity contribution < 1.29 is 15.0 Å². The molecule has 3 aromatic rings. The number of aliphatic hydroxyl groups excluding tert-OH is 1. The monoisotopic (exact) mass is 419 g/mol.